The number of likely N-dealkylation sites (N-methyl/N-ethyl adjacent to an activating group) is 1. The first kappa shape index (κ1) is 15.7. The molecule has 1 atom stereocenters. The molecule has 2 N–H and O–H groups in total. The van der Waals surface area contributed by atoms with Crippen LogP contribution in [0.1, 0.15) is 20.3 Å². The third-order valence-corrected chi connectivity index (χ3v) is 1.42. The maximum Gasteiger partial charge on any atom is 0.694 e. The average Bonchev–Trinajstić information content (AvgIpc) is 2.14. The fourth-order valence-electron chi connectivity index (χ4n) is 0.383. The standard InChI is InChI=1S/C5H9NO.C3H7O3P/c1-4(2)5(7)6-3;1-2-3-6-7(4)5/h1H2,2-3H3,(H,6,7);2-3H2,1H3/p+1. The molecule has 0 aromatic heterocycles. The molecule has 82 valence electrons. The molecule has 0 aromatic carbocycles. The van der Waals surface area contributed by atoms with Gasteiger partial charge in [0.1, 0.15) is 6.61 Å². The van der Waals surface area contributed by atoms with Crippen molar-refractivity contribution in [1.29, 1.82) is 0 Å². The summed E-state index contributed by atoms with van der Waals surface area (Å²) >= 11 is 0. The van der Waals surface area contributed by atoms with Gasteiger partial charge < -0.3 is 5.32 Å². The first-order chi connectivity index (χ1) is 6.45. The van der Waals surface area contributed by atoms with Gasteiger partial charge in [0, 0.05) is 17.2 Å². The lowest BCUT2D eigenvalue weighted by molar-refractivity contribution is -0.116. The molecule has 5 nitrogen and oxygen atoms in total. The number of hydrogen-bond acceptors (Lipinski definition) is 3. The van der Waals surface area contributed by atoms with Crippen LogP contribution in [-0.2, 0) is 13.9 Å². The minimum absolute atomic E-state index is 0.0972. The van der Waals surface area contributed by atoms with Crippen LogP contribution in [0.4, 0.5) is 0 Å². The first-order valence-electron chi connectivity index (χ1n) is 4.12. The fourth-order valence-corrected chi connectivity index (χ4v) is 0.722. The molecule has 1 amide bonds. The second-order valence-electron chi connectivity index (χ2n) is 2.43. The van der Waals surface area contributed by atoms with Gasteiger partial charge in [-0.25, -0.2) is 0 Å². The highest BCUT2D eigenvalue weighted by atomic mass is 31.1. The summed E-state index contributed by atoms with van der Waals surface area (Å²) in [6, 6.07) is 0. The van der Waals surface area contributed by atoms with Crippen LogP contribution in [0.25, 0.3) is 0 Å². The van der Waals surface area contributed by atoms with Crippen LogP contribution in [0.2, 0.25) is 0 Å². The van der Waals surface area contributed by atoms with Gasteiger partial charge in [-0.2, -0.15) is 0 Å². The Labute approximate surface area is 85.1 Å². The SMILES string of the molecule is C=C(C)C(=O)NC.CCCO[P+](=O)O. The molecule has 0 aliphatic heterocycles. The van der Waals surface area contributed by atoms with Gasteiger partial charge in [-0.15, -0.1) is 9.42 Å². The van der Waals surface area contributed by atoms with E-state index in [4.69, 9.17) is 4.89 Å². The largest absolute Gasteiger partial charge is 0.694 e. The number of carbonyl (C=O) groups excluding carboxylic acids is 1. The van der Waals surface area contributed by atoms with Crippen molar-refractivity contribution in [1.82, 2.24) is 5.32 Å². The van der Waals surface area contributed by atoms with Crippen molar-refractivity contribution in [2.75, 3.05) is 13.7 Å². The summed E-state index contributed by atoms with van der Waals surface area (Å²) in [6.07, 6.45) is 0.779. The predicted octanol–water partition coefficient (Wildman–Crippen LogP) is 1.37. The Balaban J connectivity index is 0. The van der Waals surface area contributed by atoms with E-state index in [1.807, 2.05) is 6.92 Å². The van der Waals surface area contributed by atoms with Crippen LogP contribution >= 0.6 is 8.25 Å². The van der Waals surface area contributed by atoms with Gasteiger partial charge in [0.05, 0.1) is 0 Å². The van der Waals surface area contributed by atoms with Crippen LogP contribution in [0, 0.1) is 0 Å². The summed E-state index contributed by atoms with van der Waals surface area (Å²) in [7, 11) is -0.776. The summed E-state index contributed by atoms with van der Waals surface area (Å²) in [5, 5.41) is 2.43. The topological polar surface area (TPSA) is 75.6 Å². The molecule has 1 unspecified atom stereocenters. The zero-order valence-corrected chi connectivity index (χ0v) is 9.63. The van der Waals surface area contributed by atoms with Crippen LogP contribution in [0.15, 0.2) is 12.2 Å². The second kappa shape index (κ2) is 10.3. The van der Waals surface area contributed by atoms with Crippen molar-refractivity contribution in [2.45, 2.75) is 20.3 Å². The van der Waals surface area contributed by atoms with Gasteiger partial charge in [0.2, 0.25) is 5.91 Å². The van der Waals surface area contributed by atoms with E-state index in [1.54, 1.807) is 14.0 Å². The molecular formula is C8H17NO4P+. The van der Waals surface area contributed by atoms with Crippen molar-refractivity contribution < 1.29 is 18.8 Å². The lowest BCUT2D eigenvalue weighted by Gasteiger charge is -1.91. The van der Waals surface area contributed by atoms with E-state index in [0.717, 1.165) is 6.42 Å². The van der Waals surface area contributed by atoms with Gasteiger partial charge in [-0.1, -0.05) is 13.5 Å². The Bertz CT molecular complexity index is 206. The van der Waals surface area contributed by atoms with Crippen LogP contribution in [0.5, 0.6) is 0 Å². The Morgan fingerprint density at radius 1 is 1.64 bits per heavy atom. The van der Waals surface area contributed by atoms with E-state index < -0.39 is 8.25 Å². The molecule has 0 saturated carbocycles. The Morgan fingerprint density at radius 3 is 2.21 bits per heavy atom. The number of rotatable bonds is 4. The van der Waals surface area contributed by atoms with Crippen LogP contribution < -0.4 is 5.32 Å². The monoisotopic (exact) mass is 222 g/mol. The molecule has 0 aromatic rings. The molecule has 6 heteroatoms. The van der Waals surface area contributed by atoms with Crippen molar-refractivity contribution in [3.63, 3.8) is 0 Å². The third-order valence-electron chi connectivity index (χ3n) is 1.02. The van der Waals surface area contributed by atoms with Gasteiger partial charge in [-0.3, -0.25) is 4.79 Å². The van der Waals surface area contributed by atoms with Crippen LogP contribution in [-0.4, -0.2) is 24.5 Å². The summed E-state index contributed by atoms with van der Waals surface area (Å²) in [5.41, 5.74) is 0.544. The average molecular weight is 222 g/mol. The summed E-state index contributed by atoms with van der Waals surface area (Å²) in [5.74, 6) is -0.0972. The van der Waals surface area contributed by atoms with Crippen molar-refractivity contribution in [3.05, 3.63) is 12.2 Å². The highest BCUT2D eigenvalue weighted by Gasteiger charge is 2.08. The number of amides is 1. The normalized spacial score (nSPS) is 9.57. The summed E-state index contributed by atoms with van der Waals surface area (Å²) in [6.45, 7) is 7.32. The molecule has 14 heavy (non-hydrogen) atoms. The third kappa shape index (κ3) is 13.8. The predicted molar refractivity (Wildman–Crippen MR) is 54.9 cm³/mol. The Kier molecular flexibility index (Phi) is 11.6. The summed E-state index contributed by atoms with van der Waals surface area (Å²) in [4.78, 5) is 18.3. The molecule has 0 fully saturated rings. The molecule has 0 aliphatic carbocycles. The maximum atomic E-state index is 10.3. The first-order valence-corrected chi connectivity index (χ1v) is 5.25. The van der Waals surface area contributed by atoms with E-state index in [9.17, 15) is 9.36 Å². The molecule has 0 saturated heterocycles. The van der Waals surface area contributed by atoms with Crippen molar-refractivity contribution >= 4 is 14.2 Å². The number of hydrogen-bond donors (Lipinski definition) is 2. The van der Waals surface area contributed by atoms with E-state index in [2.05, 4.69) is 16.4 Å². The lowest BCUT2D eigenvalue weighted by atomic mass is 10.3. The highest BCUT2D eigenvalue weighted by molar-refractivity contribution is 7.32. The van der Waals surface area contributed by atoms with E-state index in [-0.39, 0.29) is 5.91 Å². The smallest absolute Gasteiger partial charge is 0.355 e. The van der Waals surface area contributed by atoms with Crippen molar-refractivity contribution in [3.8, 4) is 0 Å². The molecule has 0 rings (SSSR count). The lowest BCUT2D eigenvalue weighted by Crippen LogP contribution is -2.17. The Hall–Kier alpha value is -0.770. The van der Waals surface area contributed by atoms with Gasteiger partial charge >= 0.3 is 8.25 Å². The quantitative estimate of drug-likeness (QED) is 0.556. The van der Waals surface area contributed by atoms with Gasteiger partial charge in [0.25, 0.3) is 0 Å². The zero-order valence-electron chi connectivity index (χ0n) is 8.74. The molecule has 0 spiro atoms. The molecule has 0 radical (unpaired) electrons. The highest BCUT2D eigenvalue weighted by Crippen LogP contribution is 2.13. The number of nitrogens with one attached hydrogen (secondary N) is 1. The molecular weight excluding hydrogens is 205 g/mol. The van der Waals surface area contributed by atoms with Gasteiger partial charge in [-0.05, 0) is 13.3 Å². The fraction of sp³-hybridized carbons (Fsp3) is 0.625. The van der Waals surface area contributed by atoms with Gasteiger partial charge in [0.15, 0.2) is 0 Å². The Morgan fingerprint density at radius 2 is 2.14 bits per heavy atom. The minimum Gasteiger partial charge on any atom is -0.355 e. The molecule has 0 aliphatic rings. The minimum atomic E-state index is -2.36. The zero-order chi connectivity index (χ0) is 11.6. The van der Waals surface area contributed by atoms with Crippen LogP contribution in [0.3, 0.4) is 0 Å². The molecule has 0 heterocycles. The second-order valence-corrected chi connectivity index (χ2v) is 3.16. The molecule has 0 bridgehead atoms. The van der Waals surface area contributed by atoms with E-state index >= 15 is 0 Å². The number of carbonyl (C=O) groups is 1. The van der Waals surface area contributed by atoms with E-state index in [1.165, 1.54) is 0 Å². The van der Waals surface area contributed by atoms with Crippen molar-refractivity contribution in [2.24, 2.45) is 0 Å². The van der Waals surface area contributed by atoms with E-state index in [0.29, 0.717) is 12.2 Å². The summed E-state index contributed by atoms with van der Waals surface area (Å²) < 4.78 is 13.9. The maximum absolute atomic E-state index is 10.3.